The number of nitrogens with one attached hydrogen (secondary N) is 1. The molecule has 0 amide bonds. The van der Waals surface area contributed by atoms with Gasteiger partial charge in [-0.3, -0.25) is 0 Å². The summed E-state index contributed by atoms with van der Waals surface area (Å²) in [4.78, 5) is 7.10. The Bertz CT molecular complexity index is 436. The van der Waals surface area contributed by atoms with Gasteiger partial charge in [0.2, 0.25) is 0 Å². The van der Waals surface area contributed by atoms with Gasteiger partial charge in [-0.05, 0) is 12.1 Å². The molecular formula is C10H10FN3. The second-order valence-electron chi connectivity index (χ2n) is 2.97. The molecule has 0 aliphatic rings. The predicted octanol–water partition coefficient (Wildman–Crippen LogP) is 1.67. The number of aromatic nitrogens is 2. The second kappa shape index (κ2) is 3.59. The minimum absolute atomic E-state index is 0.270. The number of halogens is 1. The van der Waals surface area contributed by atoms with E-state index in [1.807, 2.05) is 0 Å². The van der Waals surface area contributed by atoms with E-state index in [4.69, 9.17) is 5.73 Å². The summed E-state index contributed by atoms with van der Waals surface area (Å²) in [5.41, 5.74) is 6.99. The summed E-state index contributed by atoms with van der Waals surface area (Å²) >= 11 is 0. The highest BCUT2D eigenvalue weighted by Crippen LogP contribution is 2.16. The quantitative estimate of drug-likeness (QED) is 0.758. The Labute approximate surface area is 80.8 Å². The third-order valence-electron chi connectivity index (χ3n) is 1.95. The lowest BCUT2D eigenvalue weighted by Crippen LogP contribution is -1.95. The molecule has 72 valence electrons. The summed E-state index contributed by atoms with van der Waals surface area (Å²) in [5.74, 6) is 0.373. The smallest absolute Gasteiger partial charge is 0.137 e. The van der Waals surface area contributed by atoms with Crippen LogP contribution in [0.3, 0.4) is 0 Å². The van der Waals surface area contributed by atoms with Crippen molar-refractivity contribution in [2.45, 2.75) is 6.54 Å². The zero-order chi connectivity index (χ0) is 9.97. The average Bonchev–Trinajstić information content (AvgIpc) is 2.66. The third kappa shape index (κ3) is 1.65. The Kier molecular flexibility index (Phi) is 2.28. The summed E-state index contributed by atoms with van der Waals surface area (Å²) in [6.07, 6.45) is 1.65. The molecule has 1 aromatic heterocycles. The van der Waals surface area contributed by atoms with Crippen LogP contribution in [0.2, 0.25) is 0 Å². The van der Waals surface area contributed by atoms with Crippen molar-refractivity contribution in [3.63, 3.8) is 0 Å². The Balaban J connectivity index is 2.39. The van der Waals surface area contributed by atoms with Gasteiger partial charge in [-0.15, -0.1) is 0 Å². The van der Waals surface area contributed by atoms with Crippen LogP contribution in [0, 0.1) is 5.82 Å². The largest absolute Gasteiger partial charge is 0.341 e. The molecule has 0 bridgehead atoms. The van der Waals surface area contributed by atoms with E-state index in [9.17, 15) is 4.39 Å². The zero-order valence-corrected chi connectivity index (χ0v) is 7.50. The van der Waals surface area contributed by atoms with Gasteiger partial charge < -0.3 is 10.7 Å². The number of H-pyrrole nitrogens is 1. The van der Waals surface area contributed by atoms with Crippen molar-refractivity contribution in [1.82, 2.24) is 9.97 Å². The first-order valence-corrected chi connectivity index (χ1v) is 4.29. The first kappa shape index (κ1) is 8.90. The monoisotopic (exact) mass is 191 g/mol. The van der Waals surface area contributed by atoms with E-state index in [0.717, 1.165) is 11.3 Å². The molecule has 0 saturated heterocycles. The number of imidazole rings is 1. The fourth-order valence-electron chi connectivity index (χ4n) is 1.25. The van der Waals surface area contributed by atoms with Crippen molar-refractivity contribution in [2.75, 3.05) is 0 Å². The molecule has 0 radical (unpaired) electrons. The molecule has 0 fully saturated rings. The molecule has 0 saturated carbocycles. The van der Waals surface area contributed by atoms with Crippen LogP contribution >= 0.6 is 0 Å². The molecule has 14 heavy (non-hydrogen) atoms. The van der Waals surface area contributed by atoms with Crippen molar-refractivity contribution < 1.29 is 4.39 Å². The van der Waals surface area contributed by atoms with E-state index in [0.29, 0.717) is 12.4 Å². The van der Waals surface area contributed by atoms with Crippen LogP contribution in [0.5, 0.6) is 0 Å². The third-order valence-corrected chi connectivity index (χ3v) is 1.95. The first-order chi connectivity index (χ1) is 6.79. The fraction of sp³-hybridized carbons (Fsp3) is 0.100. The summed E-state index contributed by atoms with van der Waals surface area (Å²) in [6, 6.07) is 6.27. The molecule has 1 aromatic carbocycles. The molecule has 2 aromatic rings. The molecule has 3 nitrogen and oxygen atoms in total. The first-order valence-electron chi connectivity index (χ1n) is 4.29. The summed E-state index contributed by atoms with van der Waals surface area (Å²) in [6.45, 7) is 0.405. The Morgan fingerprint density at radius 2 is 2.29 bits per heavy atom. The molecule has 3 N–H and O–H groups in total. The van der Waals surface area contributed by atoms with E-state index in [1.54, 1.807) is 18.3 Å². The topological polar surface area (TPSA) is 54.7 Å². The van der Waals surface area contributed by atoms with E-state index in [2.05, 4.69) is 9.97 Å². The SMILES string of the molecule is NCc1cnc(-c2cccc(F)c2)[nH]1. The van der Waals surface area contributed by atoms with Crippen molar-refractivity contribution >= 4 is 0 Å². The number of rotatable bonds is 2. The van der Waals surface area contributed by atoms with Crippen LogP contribution in [0.4, 0.5) is 4.39 Å². The molecule has 0 aliphatic heterocycles. The highest BCUT2D eigenvalue weighted by molar-refractivity contribution is 5.54. The standard InChI is InChI=1S/C10H10FN3/c11-8-3-1-2-7(4-8)10-13-6-9(5-12)14-10/h1-4,6H,5,12H2,(H,13,14). The zero-order valence-electron chi connectivity index (χ0n) is 7.50. The Morgan fingerprint density at radius 3 is 2.93 bits per heavy atom. The van der Waals surface area contributed by atoms with E-state index in [1.165, 1.54) is 12.1 Å². The van der Waals surface area contributed by atoms with Gasteiger partial charge in [-0.2, -0.15) is 0 Å². The molecule has 1 heterocycles. The van der Waals surface area contributed by atoms with Gasteiger partial charge in [-0.1, -0.05) is 12.1 Å². The van der Waals surface area contributed by atoms with Crippen molar-refractivity contribution in [3.05, 3.63) is 42.0 Å². The maximum atomic E-state index is 12.9. The lowest BCUT2D eigenvalue weighted by Gasteiger charge is -1.96. The van der Waals surface area contributed by atoms with Gasteiger partial charge >= 0.3 is 0 Å². The minimum Gasteiger partial charge on any atom is -0.341 e. The molecule has 0 atom stereocenters. The normalized spacial score (nSPS) is 10.4. The number of hydrogen-bond acceptors (Lipinski definition) is 2. The number of nitrogens with two attached hydrogens (primary N) is 1. The highest BCUT2D eigenvalue weighted by atomic mass is 19.1. The molecule has 2 rings (SSSR count). The van der Waals surface area contributed by atoms with Crippen molar-refractivity contribution in [2.24, 2.45) is 5.73 Å². The van der Waals surface area contributed by atoms with E-state index < -0.39 is 0 Å². The fourth-order valence-corrected chi connectivity index (χ4v) is 1.25. The number of hydrogen-bond donors (Lipinski definition) is 2. The van der Waals surface area contributed by atoms with Crippen molar-refractivity contribution in [3.8, 4) is 11.4 Å². The van der Waals surface area contributed by atoms with Crippen LogP contribution in [0.1, 0.15) is 5.69 Å². The van der Waals surface area contributed by atoms with Crippen molar-refractivity contribution in [1.29, 1.82) is 0 Å². The van der Waals surface area contributed by atoms with Gasteiger partial charge in [0.25, 0.3) is 0 Å². The summed E-state index contributed by atoms with van der Waals surface area (Å²) in [5, 5.41) is 0. The molecule has 0 unspecified atom stereocenters. The Hall–Kier alpha value is -1.68. The summed E-state index contributed by atoms with van der Waals surface area (Å²) < 4.78 is 12.9. The van der Waals surface area contributed by atoms with E-state index >= 15 is 0 Å². The number of aromatic amines is 1. The van der Waals surface area contributed by atoms with Gasteiger partial charge in [0, 0.05) is 24.0 Å². The highest BCUT2D eigenvalue weighted by Gasteiger charge is 2.02. The van der Waals surface area contributed by atoms with E-state index in [-0.39, 0.29) is 5.82 Å². The maximum Gasteiger partial charge on any atom is 0.137 e. The van der Waals surface area contributed by atoms with Gasteiger partial charge in [0.1, 0.15) is 11.6 Å². The average molecular weight is 191 g/mol. The second-order valence-corrected chi connectivity index (χ2v) is 2.97. The van der Waals surface area contributed by atoms with Crippen LogP contribution in [0.25, 0.3) is 11.4 Å². The molecular weight excluding hydrogens is 181 g/mol. The van der Waals surface area contributed by atoms with Crippen LogP contribution < -0.4 is 5.73 Å². The number of benzene rings is 1. The minimum atomic E-state index is -0.270. The lowest BCUT2D eigenvalue weighted by atomic mass is 10.2. The molecule has 0 spiro atoms. The Morgan fingerprint density at radius 1 is 1.43 bits per heavy atom. The van der Waals surface area contributed by atoms with Crippen LogP contribution in [-0.2, 0) is 6.54 Å². The van der Waals surface area contributed by atoms with Gasteiger partial charge in [-0.25, -0.2) is 9.37 Å². The summed E-state index contributed by atoms with van der Waals surface area (Å²) in [7, 11) is 0. The van der Waals surface area contributed by atoms with Gasteiger partial charge in [0.05, 0.1) is 0 Å². The maximum absolute atomic E-state index is 12.9. The predicted molar refractivity (Wildman–Crippen MR) is 51.9 cm³/mol. The van der Waals surface area contributed by atoms with Gasteiger partial charge in [0.15, 0.2) is 0 Å². The lowest BCUT2D eigenvalue weighted by molar-refractivity contribution is 0.628. The molecule has 4 heteroatoms. The van der Waals surface area contributed by atoms with Crippen LogP contribution in [-0.4, -0.2) is 9.97 Å². The van der Waals surface area contributed by atoms with Crippen LogP contribution in [0.15, 0.2) is 30.5 Å². The number of nitrogens with zero attached hydrogens (tertiary/aromatic N) is 1. The molecule has 0 aliphatic carbocycles.